The molecule has 1 aliphatic carbocycles. The number of halogens is 2. The lowest BCUT2D eigenvalue weighted by molar-refractivity contribution is 0.494. The SMILES string of the molecule is CCCC=CC1CC=C(c2ccc(CCC)c(F)c2F)CC1. The molecule has 1 unspecified atom stereocenters. The topological polar surface area (TPSA) is 0 Å². The predicted molar refractivity (Wildman–Crippen MR) is 89.7 cm³/mol. The Morgan fingerprint density at radius 2 is 1.95 bits per heavy atom. The van der Waals surface area contributed by atoms with Gasteiger partial charge in [0.05, 0.1) is 0 Å². The minimum absolute atomic E-state index is 0.452. The highest BCUT2D eigenvalue weighted by Crippen LogP contribution is 2.33. The Morgan fingerprint density at radius 1 is 1.14 bits per heavy atom. The van der Waals surface area contributed by atoms with Crippen LogP contribution in [0.15, 0.2) is 30.4 Å². The molecule has 0 spiro atoms. The van der Waals surface area contributed by atoms with E-state index in [1.165, 1.54) is 6.42 Å². The second kappa shape index (κ2) is 8.26. The molecular weight excluding hydrogens is 278 g/mol. The lowest BCUT2D eigenvalue weighted by atomic mass is 9.85. The average molecular weight is 304 g/mol. The molecule has 22 heavy (non-hydrogen) atoms. The Kier molecular flexibility index (Phi) is 6.35. The van der Waals surface area contributed by atoms with E-state index < -0.39 is 11.6 Å². The predicted octanol–water partition coefficient (Wildman–Crippen LogP) is 6.46. The second-order valence-electron chi connectivity index (χ2n) is 6.13. The molecule has 0 radical (unpaired) electrons. The summed E-state index contributed by atoms with van der Waals surface area (Å²) in [5.41, 5.74) is 1.90. The largest absolute Gasteiger partial charge is 0.203 e. The average Bonchev–Trinajstić information content (AvgIpc) is 2.53. The van der Waals surface area contributed by atoms with Crippen LogP contribution in [0.1, 0.15) is 63.5 Å². The van der Waals surface area contributed by atoms with Crippen LogP contribution >= 0.6 is 0 Å². The standard InChI is InChI=1S/C20H26F2/c1-3-5-6-8-15-9-11-16(12-10-15)18-14-13-17(7-4-2)19(21)20(18)22/h6,8,11,13-15H,3-5,7,9-10,12H2,1-2H3. The fourth-order valence-corrected chi connectivity index (χ4v) is 3.03. The summed E-state index contributed by atoms with van der Waals surface area (Å²) < 4.78 is 28.4. The number of aryl methyl sites for hydroxylation is 1. The van der Waals surface area contributed by atoms with Gasteiger partial charge in [0.2, 0.25) is 0 Å². The summed E-state index contributed by atoms with van der Waals surface area (Å²) in [5, 5.41) is 0. The van der Waals surface area contributed by atoms with Crippen LogP contribution in [-0.2, 0) is 6.42 Å². The molecule has 0 aliphatic heterocycles. The highest BCUT2D eigenvalue weighted by Gasteiger charge is 2.19. The van der Waals surface area contributed by atoms with Crippen LogP contribution in [0.25, 0.3) is 5.57 Å². The van der Waals surface area contributed by atoms with Crippen molar-refractivity contribution in [2.75, 3.05) is 0 Å². The molecule has 0 amide bonds. The molecule has 0 heterocycles. The highest BCUT2D eigenvalue weighted by atomic mass is 19.2. The Labute approximate surface area is 132 Å². The van der Waals surface area contributed by atoms with Crippen molar-refractivity contribution in [2.45, 2.75) is 58.8 Å². The molecule has 1 aromatic rings. The summed E-state index contributed by atoms with van der Waals surface area (Å²) in [6.45, 7) is 4.14. The molecule has 0 fully saturated rings. The monoisotopic (exact) mass is 304 g/mol. The smallest absolute Gasteiger partial charge is 0.166 e. The first-order valence-corrected chi connectivity index (χ1v) is 8.50. The molecule has 0 nitrogen and oxygen atoms in total. The van der Waals surface area contributed by atoms with Crippen molar-refractivity contribution in [3.63, 3.8) is 0 Å². The fraction of sp³-hybridized carbons (Fsp3) is 0.500. The summed E-state index contributed by atoms with van der Waals surface area (Å²) in [5.74, 6) is -0.787. The minimum Gasteiger partial charge on any atom is -0.203 e. The second-order valence-corrected chi connectivity index (χ2v) is 6.13. The zero-order valence-corrected chi connectivity index (χ0v) is 13.7. The van der Waals surface area contributed by atoms with E-state index in [4.69, 9.17) is 0 Å². The van der Waals surface area contributed by atoms with Gasteiger partial charge >= 0.3 is 0 Å². The molecule has 120 valence electrons. The highest BCUT2D eigenvalue weighted by molar-refractivity contribution is 5.67. The lowest BCUT2D eigenvalue weighted by Gasteiger charge is -2.20. The first kappa shape index (κ1) is 16.9. The molecular formula is C20H26F2. The molecule has 2 rings (SSSR count). The van der Waals surface area contributed by atoms with Gasteiger partial charge in [0.1, 0.15) is 0 Å². The summed E-state index contributed by atoms with van der Waals surface area (Å²) >= 11 is 0. The molecule has 1 aromatic carbocycles. The van der Waals surface area contributed by atoms with Gasteiger partial charge in [0, 0.05) is 5.56 Å². The van der Waals surface area contributed by atoms with Gasteiger partial charge in [-0.1, -0.05) is 57.0 Å². The van der Waals surface area contributed by atoms with Crippen LogP contribution in [0.4, 0.5) is 8.78 Å². The Balaban J connectivity index is 2.11. The van der Waals surface area contributed by atoms with E-state index in [-0.39, 0.29) is 0 Å². The number of hydrogen-bond acceptors (Lipinski definition) is 0. The first-order valence-electron chi connectivity index (χ1n) is 8.50. The van der Waals surface area contributed by atoms with E-state index in [2.05, 4.69) is 25.2 Å². The van der Waals surface area contributed by atoms with E-state index in [9.17, 15) is 8.78 Å². The van der Waals surface area contributed by atoms with Gasteiger partial charge in [-0.05, 0) is 49.2 Å². The van der Waals surface area contributed by atoms with Crippen molar-refractivity contribution in [1.82, 2.24) is 0 Å². The van der Waals surface area contributed by atoms with Crippen molar-refractivity contribution < 1.29 is 8.78 Å². The van der Waals surface area contributed by atoms with Gasteiger partial charge in [-0.2, -0.15) is 0 Å². The maximum atomic E-state index is 14.3. The van der Waals surface area contributed by atoms with Crippen LogP contribution in [0.5, 0.6) is 0 Å². The normalized spacial score (nSPS) is 18.7. The minimum atomic E-state index is -0.669. The summed E-state index contributed by atoms with van der Waals surface area (Å²) in [7, 11) is 0. The summed E-state index contributed by atoms with van der Waals surface area (Å²) in [6, 6.07) is 3.49. The molecule has 0 saturated carbocycles. The molecule has 0 aromatic heterocycles. The van der Waals surface area contributed by atoms with Crippen molar-refractivity contribution in [3.05, 3.63) is 53.1 Å². The molecule has 1 atom stereocenters. The number of allylic oxidation sites excluding steroid dienone is 4. The van der Waals surface area contributed by atoms with E-state index in [1.807, 2.05) is 6.92 Å². The molecule has 0 N–H and O–H groups in total. The van der Waals surface area contributed by atoms with Crippen molar-refractivity contribution in [1.29, 1.82) is 0 Å². The zero-order chi connectivity index (χ0) is 15.9. The third kappa shape index (κ3) is 4.06. The third-order valence-corrected chi connectivity index (χ3v) is 4.34. The van der Waals surface area contributed by atoms with Gasteiger partial charge < -0.3 is 0 Å². The van der Waals surface area contributed by atoms with Crippen LogP contribution in [0.2, 0.25) is 0 Å². The Hall–Kier alpha value is -1.44. The third-order valence-electron chi connectivity index (χ3n) is 4.34. The van der Waals surface area contributed by atoms with Crippen LogP contribution in [0, 0.1) is 17.6 Å². The maximum absolute atomic E-state index is 14.3. The van der Waals surface area contributed by atoms with Crippen molar-refractivity contribution in [2.24, 2.45) is 5.92 Å². The van der Waals surface area contributed by atoms with E-state index >= 15 is 0 Å². The van der Waals surface area contributed by atoms with E-state index in [1.54, 1.807) is 12.1 Å². The van der Waals surface area contributed by atoms with Gasteiger partial charge in [-0.15, -0.1) is 0 Å². The zero-order valence-electron chi connectivity index (χ0n) is 13.7. The Bertz CT molecular complexity index is 555. The quantitative estimate of drug-likeness (QED) is 0.529. The molecule has 2 heteroatoms. The summed E-state index contributed by atoms with van der Waals surface area (Å²) in [6.07, 6.45) is 13.1. The number of hydrogen-bond donors (Lipinski definition) is 0. The molecule has 0 bridgehead atoms. The van der Waals surface area contributed by atoms with Gasteiger partial charge in [0.15, 0.2) is 11.6 Å². The number of benzene rings is 1. The van der Waals surface area contributed by atoms with Crippen LogP contribution < -0.4 is 0 Å². The number of rotatable bonds is 6. The van der Waals surface area contributed by atoms with Gasteiger partial charge in [0.25, 0.3) is 0 Å². The van der Waals surface area contributed by atoms with E-state index in [0.717, 1.165) is 37.7 Å². The van der Waals surface area contributed by atoms with Crippen LogP contribution in [0.3, 0.4) is 0 Å². The first-order chi connectivity index (χ1) is 10.7. The lowest BCUT2D eigenvalue weighted by Crippen LogP contribution is -2.05. The number of unbranched alkanes of at least 4 members (excludes halogenated alkanes) is 1. The fourth-order valence-electron chi connectivity index (χ4n) is 3.03. The molecule has 0 saturated heterocycles. The van der Waals surface area contributed by atoms with Gasteiger partial charge in [-0.3, -0.25) is 0 Å². The maximum Gasteiger partial charge on any atom is 0.166 e. The summed E-state index contributed by atoms with van der Waals surface area (Å²) in [4.78, 5) is 0. The van der Waals surface area contributed by atoms with E-state index in [0.29, 0.717) is 23.5 Å². The van der Waals surface area contributed by atoms with Crippen molar-refractivity contribution in [3.8, 4) is 0 Å². The van der Waals surface area contributed by atoms with Crippen LogP contribution in [-0.4, -0.2) is 0 Å². The molecule has 1 aliphatic rings. The Morgan fingerprint density at radius 3 is 2.59 bits per heavy atom. The van der Waals surface area contributed by atoms with Gasteiger partial charge in [-0.25, -0.2) is 8.78 Å². The van der Waals surface area contributed by atoms with Crippen molar-refractivity contribution >= 4 is 5.57 Å².